The van der Waals surface area contributed by atoms with Gasteiger partial charge in [-0.25, -0.2) is 4.98 Å². The van der Waals surface area contributed by atoms with Gasteiger partial charge in [0.2, 0.25) is 5.91 Å². The molecule has 1 aromatic heterocycles. The smallest absolute Gasteiger partial charge is 0.244 e. The molecule has 2 aromatic carbocycles. The summed E-state index contributed by atoms with van der Waals surface area (Å²) in [6.07, 6.45) is 5.95. The van der Waals surface area contributed by atoms with Gasteiger partial charge < -0.3 is 10.1 Å². The summed E-state index contributed by atoms with van der Waals surface area (Å²) in [6, 6.07) is 16.2. The molecule has 5 nitrogen and oxygen atoms in total. The van der Waals surface area contributed by atoms with Gasteiger partial charge in [-0.3, -0.25) is 9.69 Å². The number of para-hydroxylation sites is 1. The summed E-state index contributed by atoms with van der Waals surface area (Å²) in [4.78, 5) is 19.2. The Morgan fingerprint density at radius 2 is 1.88 bits per heavy atom. The van der Waals surface area contributed by atoms with Crippen LogP contribution in [0.3, 0.4) is 0 Å². The molecule has 166 valence electrons. The maximum absolute atomic E-state index is 12.3. The first-order chi connectivity index (χ1) is 15.7. The van der Waals surface area contributed by atoms with Crippen LogP contribution >= 0.6 is 11.3 Å². The first kappa shape index (κ1) is 22.2. The average molecular weight is 448 g/mol. The van der Waals surface area contributed by atoms with Crippen LogP contribution in [-0.2, 0) is 24.5 Å². The van der Waals surface area contributed by atoms with Crippen molar-refractivity contribution in [3.05, 3.63) is 87.4 Å². The zero-order valence-corrected chi connectivity index (χ0v) is 19.2. The largest absolute Gasteiger partial charge is 0.487 e. The van der Waals surface area contributed by atoms with Gasteiger partial charge in [0.05, 0.1) is 10.7 Å². The summed E-state index contributed by atoms with van der Waals surface area (Å²) in [5, 5.41) is 5.98. The minimum Gasteiger partial charge on any atom is -0.487 e. The zero-order valence-electron chi connectivity index (χ0n) is 18.4. The third-order valence-electron chi connectivity index (χ3n) is 5.47. The van der Waals surface area contributed by atoms with E-state index in [9.17, 15) is 4.79 Å². The van der Waals surface area contributed by atoms with E-state index in [1.807, 2.05) is 36.6 Å². The van der Waals surface area contributed by atoms with E-state index in [4.69, 9.17) is 4.74 Å². The van der Waals surface area contributed by atoms with Crippen molar-refractivity contribution in [3.63, 3.8) is 0 Å². The fraction of sp³-hybridized carbons (Fsp3) is 0.308. The summed E-state index contributed by atoms with van der Waals surface area (Å²) in [5.41, 5.74) is 4.20. The fourth-order valence-corrected chi connectivity index (χ4v) is 4.35. The Bertz CT molecular complexity index is 1050. The molecule has 4 rings (SSSR count). The molecular weight excluding hydrogens is 418 g/mol. The van der Waals surface area contributed by atoms with Crippen molar-refractivity contribution in [2.75, 3.05) is 13.1 Å². The van der Waals surface area contributed by atoms with Crippen LogP contribution in [0.4, 0.5) is 0 Å². The molecule has 0 spiro atoms. The van der Waals surface area contributed by atoms with Crippen molar-refractivity contribution in [2.45, 2.75) is 39.5 Å². The quantitative estimate of drug-likeness (QED) is 0.471. The molecule has 1 aliphatic heterocycles. The van der Waals surface area contributed by atoms with Gasteiger partial charge in [-0.05, 0) is 56.1 Å². The Labute approximate surface area is 193 Å². The van der Waals surface area contributed by atoms with Crippen LogP contribution in [0.25, 0.3) is 6.08 Å². The topological polar surface area (TPSA) is 54.5 Å². The molecule has 0 unspecified atom stereocenters. The molecule has 2 heterocycles. The number of rotatable bonds is 9. The second-order valence-electron chi connectivity index (χ2n) is 8.04. The molecule has 1 fully saturated rings. The summed E-state index contributed by atoms with van der Waals surface area (Å²) in [6.45, 7) is 6.31. The Morgan fingerprint density at radius 1 is 1.12 bits per heavy atom. The van der Waals surface area contributed by atoms with Gasteiger partial charge in [0.25, 0.3) is 0 Å². The summed E-state index contributed by atoms with van der Waals surface area (Å²) in [7, 11) is 0. The van der Waals surface area contributed by atoms with E-state index >= 15 is 0 Å². The number of benzene rings is 2. The van der Waals surface area contributed by atoms with Crippen molar-refractivity contribution in [3.8, 4) is 5.75 Å². The number of ether oxygens (including phenoxy) is 1. The van der Waals surface area contributed by atoms with Gasteiger partial charge in [0.1, 0.15) is 12.4 Å². The van der Waals surface area contributed by atoms with Gasteiger partial charge in [-0.1, -0.05) is 42.5 Å². The maximum atomic E-state index is 12.3. The normalized spacial score (nSPS) is 14.2. The van der Waals surface area contributed by atoms with Gasteiger partial charge in [-0.2, -0.15) is 0 Å². The van der Waals surface area contributed by atoms with Crippen molar-refractivity contribution < 1.29 is 9.53 Å². The van der Waals surface area contributed by atoms with Crippen molar-refractivity contribution >= 4 is 23.3 Å². The van der Waals surface area contributed by atoms with Crippen molar-refractivity contribution in [1.29, 1.82) is 0 Å². The SMILES string of the molecule is Cc1nc(COc2ccccc2/C=C/C(=O)NCc2ccc(CN3CCCC3)cc2)cs1. The lowest BCUT2D eigenvalue weighted by Crippen LogP contribution is -2.20. The number of hydrogen-bond acceptors (Lipinski definition) is 5. The van der Waals surface area contributed by atoms with Crippen LogP contribution in [0.5, 0.6) is 5.75 Å². The molecule has 0 radical (unpaired) electrons. The highest BCUT2D eigenvalue weighted by Crippen LogP contribution is 2.21. The molecular formula is C26H29N3O2S. The van der Waals surface area contributed by atoms with Crippen LogP contribution in [0.2, 0.25) is 0 Å². The standard InChI is InChI=1S/C26H29N3O2S/c1-20-28-24(19-32-20)18-31-25-7-3-2-6-23(25)12-13-26(30)27-16-21-8-10-22(11-9-21)17-29-14-4-5-15-29/h2-3,6-13,19H,4-5,14-18H2,1H3,(H,27,30)/b13-12+. The molecule has 0 aliphatic carbocycles. The maximum Gasteiger partial charge on any atom is 0.244 e. The first-order valence-corrected chi connectivity index (χ1v) is 11.9. The number of carbonyl (C=O) groups is 1. The number of aryl methyl sites for hydroxylation is 1. The minimum atomic E-state index is -0.129. The van der Waals surface area contributed by atoms with E-state index in [1.54, 1.807) is 23.5 Å². The second-order valence-corrected chi connectivity index (χ2v) is 9.10. The average Bonchev–Trinajstić information content (AvgIpc) is 3.48. The highest BCUT2D eigenvalue weighted by molar-refractivity contribution is 7.09. The molecule has 6 heteroatoms. The number of amides is 1. The van der Waals surface area contributed by atoms with E-state index < -0.39 is 0 Å². The predicted molar refractivity (Wildman–Crippen MR) is 129 cm³/mol. The highest BCUT2D eigenvalue weighted by atomic mass is 32.1. The number of nitrogens with one attached hydrogen (secondary N) is 1. The molecule has 1 N–H and O–H groups in total. The summed E-state index contributed by atoms with van der Waals surface area (Å²) in [5.74, 6) is 0.604. The number of thiazole rings is 1. The summed E-state index contributed by atoms with van der Waals surface area (Å²) >= 11 is 1.61. The lowest BCUT2D eigenvalue weighted by Gasteiger charge is -2.14. The van der Waals surface area contributed by atoms with Crippen LogP contribution in [-0.4, -0.2) is 28.9 Å². The number of likely N-dealkylation sites (tertiary alicyclic amines) is 1. The zero-order chi connectivity index (χ0) is 22.2. The molecule has 32 heavy (non-hydrogen) atoms. The van der Waals surface area contributed by atoms with E-state index in [0.717, 1.165) is 34.1 Å². The van der Waals surface area contributed by atoms with Gasteiger partial charge >= 0.3 is 0 Å². The second kappa shape index (κ2) is 11.1. The predicted octanol–water partition coefficient (Wildman–Crippen LogP) is 4.96. The number of aromatic nitrogens is 1. The molecule has 0 atom stereocenters. The Hall–Kier alpha value is -2.96. The van der Waals surface area contributed by atoms with Crippen LogP contribution in [0, 0.1) is 6.92 Å². The first-order valence-electron chi connectivity index (χ1n) is 11.0. The third-order valence-corrected chi connectivity index (χ3v) is 6.29. The van der Waals surface area contributed by atoms with E-state index in [0.29, 0.717) is 13.2 Å². The molecule has 1 saturated heterocycles. The molecule has 0 bridgehead atoms. The van der Waals surface area contributed by atoms with Crippen LogP contribution < -0.4 is 10.1 Å². The highest BCUT2D eigenvalue weighted by Gasteiger charge is 2.11. The van der Waals surface area contributed by atoms with Crippen molar-refractivity contribution in [2.24, 2.45) is 0 Å². The molecule has 0 saturated carbocycles. The number of carbonyl (C=O) groups excluding carboxylic acids is 1. The lowest BCUT2D eigenvalue weighted by atomic mass is 10.1. The molecule has 1 aliphatic rings. The van der Waals surface area contributed by atoms with E-state index in [2.05, 4.69) is 39.5 Å². The number of nitrogens with zero attached hydrogens (tertiary/aromatic N) is 2. The Kier molecular flexibility index (Phi) is 7.69. The Morgan fingerprint density at radius 3 is 2.62 bits per heavy atom. The van der Waals surface area contributed by atoms with Gasteiger partial charge in [0, 0.05) is 30.1 Å². The van der Waals surface area contributed by atoms with Crippen LogP contribution in [0.1, 0.15) is 40.2 Å². The Balaban J connectivity index is 1.27. The molecule has 3 aromatic rings. The van der Waals surface area contributed by atoms with Gasteiger partial charge in [0.15, 0.2) is 0 Å². The summed E-state index contributed by atoms with van der Waals surface area (Å²) < 4.78 is 5.91. The van der Waals surface area contributed by atoms with Crippen LogP contribution in [0.15, 0.2) is 60.0 Å². The number of hydrogen-bond donors (Lipinski definition) is 1. The third kappa shape index (κ3) is 6.52. The van der Waals surface area contributed by atoms with E-state index in [1.165, 1.54) is 31.5 Å². The van der Waals surface area contributed by atoms with Crippen molar-refractivity contribution in [1.82, 2.24) is 15.2 Å². The van der Waals surface area contributed by atoms with E-state index in [-0.39, 0.29) is 5.91 Å². The monoisotopic (exact) mass is 447 g/mol. The lowest BCUT2D eigenvalue weighted by molar-refractivity contribution is -0.116. The fourth-order valence-electron chi connectivity index (χ4n) is 3.75. The minimum absolute atomic E-state index is 0.129. The molecule has 1 amide bonds. The van der Waals surface area contributed by atoms with Gasteiger partial charge in [-0.15, -0.1) is 11.3 Å².